The monoisotopic (exact) mass is 274 g/mol. The predicted molar refractivity (Wildman–Crippen MR) is 82.1 cm³/mol. The molecule has 1 aliphatic rings. The van der Waals surface area contributed by atoms with Crippen molar-refractivity contribution in [2.75, 3.05) is 0 Å². The van der Waals surface area contributed by atoms with Gasteiger partial charge in [-0.25, -0.2) is 4.79 Å². The Morgan fingerprint density at radius 2 is 1.80 bits per heavy atom. The molecule has 1 aliphatic carbocycles. The Bertz CT molecular complexity index is 441. The van der Waals surface area contributed by atoms with Gasteiger partial charge in [-0.05, 0) is 62.6 Å². The lowest BCUT2D eigenvalue weighted by Crippen LogP contribution is -2.33. The number of rotatable bonds is 4. The zero-order valence-electron chi connectivity index (χ0n) is 12.9. The van der Waals surface area contributed by atoms with E-state index in [0.29, 0.717) is 11.5 Å². The molecule has 2 heteroatoms. The van der Waals surface area contributed by atoms with E-state index in [1.54, 1.807) is 0 Å². The summed E-state index contributed by atoms with van der Waals surface area (Å²) >= 11 is 0. The number of carbonyl (C=O) groups is 1. The van der Waals surface area contributed by atoms with Gasteiger partial charge in [0.1, 0.15) is 5.60 Å². The van der Waals surface area contributed by atoms with Crippen molar-refractivity contribution in [3.8, 4) is 0 Å². The molecule has 0 amide bonds. The molecule has 1 fully saturated rings. The highest BCUT2D eigenvalue weighted by Gasteiger charge is 2.31. The van der Waals surface area contributed by atoms with Crippen LogP contribution in [0.4, 0.5) is 0 Å². The zero-order chi connectivity index (χ0) is 14.6. The van der Waals surface area contributed by atoms with Gasteiger partial charge in [0.25, 0.3) is 0 Å². The van der Waals surface area contributed by atoms with Crippen molar-refractivity contribution in [1.82, 2.24) is 0 Å². The van der Waals surface area contributed by atoms with Crippen molar-refractivity contribution in [1.29, 1.82) is 0 Å². The standard InChI is InChI=1S/C18H26O2/c1-4-14(2)15-8-10-16(11-9-15)17(19)20-18(3)12-6-5-7-13-18/h8-11,14H,4-7,12-13H2,1-3H3. The third-order valence-electron chi connectivity index (χ3n) is 4.58. The minimum atomic E-state index is -0.259. The van der Waals surface area contributed by atoms with Gasteiger partial charge in [0.2, 0.25) is 0 Å². The normalized spacial score (nSPS) is 19.4. The second kappa shape index (κ2) is 6.43. The fourth-order valence-corrected chi connectivity index (χ4v) is 2.87. The molecule has 0 N–H and O–H groups in total. The highest BCUT2D eigenvalue weighted by atomic mass is 16.6. The molecule has 1 aromatic carbocycles. The molecule has 0 spiro atoms. The molecule has 0 heterocycles. The maximum absolute atomic E-state index is 12.2. The Kier molecular flexibility index (Phi) is 4.85. The van der Waals surface area contributed by atoms with Gasteiger partial charge in [0.15, 0.2) is 0 Å². The van der Waals surface area contributed by atoms with E-state index in [-0.39, 0.29) is 11.6 Å². The second-order valence-corrected chi connectivity index (χ2v) is 6.33. The lowest BCUT2D eigenvalue weighted by molar-refractivity contribution is -0.0269. The maximum Gasteiger partial charge on any atom is 0.338 e. The number of hydrogen-bond donors (Lipinski definition) is 0. The molecule has 1 aromatic rings. The summed E-state index contributed by atoms with van der Waals surface area (Å²) in [6.45, 7) is 6.45. The van der Waals surface area contributed by atoms with Crippen molar-refractivity contribution >= 4 is 5.97 Å². The van der Waals surface area contributed by atoms with Crippen LogP contribution < -0.4 is 0 Å². The molecule has 2 nitrogen and oxygen atoms in total. The Hall–Kier alpha value is -1.31. The molecule has 1 saturated carbocycles. The fourth-order valence-electron chi connectivity index (χ4n) is 2.87. The second-order valence-electron chi connectivity index (χ2n) is 6.33. The van der Waals surface area contributed by atoms with Crippen LogP contribution in [0.15, 0.2) is 24.3 Å². The molecule has 20 heavy (non-hydrogen) atoms. The van der Waals surface area contributed by atoms with Gasteiger partial charge in [0, 0.05) is 0 Å². The van der Waals surface area contributed by atoms with Crippen LogP contribution >= 0.6 is 0 Å². The first kappa shape index (κ1) is 15.1. The summed E-state index contributed by atoms with van der Waals surface area (Å²) in [6.07, 6.45) is 6.68. The summed E-state index contributed by atoms with van der Waals surface area (Å²) in [6, 6.07) is 7.90. The molecule has 1 atom stereocenters. The molecule has 0 aromatic heterocycles. The molecule has 0 radical (unpaired) electrons. The first-order valence-corrected chi connectivity index (χ1v) is 7.87. The van der Waals surface area contributed by atoms with Crippen molar-refractivity contribution in [3.05, 3.63) is 35.4 Å². The summed E-state index contributed by atoms with van der Waals surface area (Å²) < 4.78 is 5.75. The van der Waals surface area contributed by atoms with Crippen LogP contribution in [-0.2, 0) is 4.74 Å². The molecule has 1 unspecified atom stereocenters. The molecule has 0 aliphatic heterocycles. The van der Waals surface area contributed by atoms with E-state index in [1.807, 2.05) is 24.3 Å². The van der Waals surface area contributed by atoms with E-state index in [2.05, 4.69) is 20.8 Å². The fraction of sp³-hybridized carbons (Fsp3) is 0.611. The molecule has 110 valence electrons. The molecular formula is C18H26O2. The van der Waals surface area contributed by atoms with Crippen LogP contribution in [0.3, 0.4) is 0 Å². The van der Waals surface area contributed by atoms with E-state index in [9.17, 15) is 4.79 Å². The Morgan fingerprint density at radius 1 is 1.20 bits per heavy atom. The average molecular weight is 274 g/mol. The van der Waals surface area contributed by atoms with Crippen LogP contribution in [0.2, 0.25) is 0 Å². The van der Waals surface area contributed by atoms with Crippen LogP contribution in [0.5, 0.6) is 0 Å². The van der Waals surface area contributed by atoms with Crippen LogP contribution in [0.1, 0.15) is 81.1 Å². The number of ether oxygens (including phenoxy) is 1. The van der Waals surface area contributed by atoms with E-state index in [0.717, 1.165) is 32.1 Å². The molecule has 0 bridgehead atoms. The van der Waals surface area contributed by atoms with Crippen molar-refractivity contribution < 1.29 is 9.53 Å². The molecule has 0 saturated heterocycles. The van der Waals surface area contributed by atoms with Gasteiger partial charge < -0.3 is 4.74 Å². The highest BCUT2D eigenvalue weighted by molar-refractivity contribution is 5.89. The van der Waals surface area contributed by atoms with Gasteiger partial charge in [0.05, 0.1) is 5.56 Å². The lowest BCUT2D eigenvalue weighted by Gasteiger charge is -2.33. The summed E-state index contributed by atoms with van der Waals surface area (Å²) in [7, 11) is 0. The summed E-state index contributed by atoms with van der Waals surface area (Å²) in [5.74, 6) is 0.362. The van der Waals surface area contributed by atoms with Crippen molar-refractivity contribution in [2.45, 2.75) is 70.8 Å². The first-order valence-electron chi connectivity index (χ1n) is 7.87. The predicted octanol–water partition coefficient (Wildman–Crippen LogP) is 5.08. The summed E-state index contributed by atoms with van der Waals surface area (Å²) in [5, 5.41) is 0. The van der Waals surface area contributed by atoms with Crippen LogP contribution in [-0.4, -0.2) is 11.6 Å². The van der Waals surface area contributed by atoms with Gasteiger partial charge in [-0.15, -0.1) is 0 Å². The number of hydrogen-bond acceptors (Lipinski definition) is 2. The van der Waals surface area contributed by atoms with Gasteiger partial charge in [-0.1, -0.05) is 32.4 Å². The highest BCUT2D eigenvalue weighted by Crippen LogP contribution is 2.32. The number of benzene rings is 1. The van der Waals surface area contributed by atoms with Crippen molar-refractivity contribution in [2.24, 2.45) is 0 Å². The molecular weight excluding hydrogens is 248 g/mol. The number of carbonyl (C=O) groups excluding carboxylic acids is 1. The van der Waals surface area contributed by atoms with E-state index in [4.69, 9.17) is 4.74 Å². The summed E-state index contributed by atoms with van der Waals surface area (Å²) in [5.41, 5.74) is 1.70. The van der Waals surface area contributed by atoms with Crippen LogP contribution in [0.25, 0.3) is 0 Å². The third kappa shape index (κ3) is 3.62. The Labute approximate surface area is 122 Å². The largest absolute Gasteiger partial charge is 0.456 e. The van der Waals surface area contributed by atoms with Crippen LogP contribution in [0, 0.1) is 0 Å². The average Bonchev–Trinajstić information content (AvgIpc) is 2.47. The lowest BCUT2D eigenvalue weighted by atomic mass is 9.86. The van der Waals surface area contributed by atoms with E-state index < -0.39 is 0 Å². The number of esters is 1. The Morgan fingerprint density at radius 3 is 2.35 bits per heavy atom. The minimum Gasteiger partial charge on any atom is -0.456 e. The van der Waals surface area contributed by atoms with E-state index in [1.165, 1.54) is 12.0 Å². The summed E-state index contributed by atoms with van der Waals surface area (Å²) in [4.78, 5) is 12.2. The smallest absolute Gasteiger partial charge is 0.338 e. The molecule has 2 rings (SSSR count). The maximum atomic E-state index is 12.2. The zero-order valence-corrected chi connectivity index (χ0v) is 12.9. The SMILES string of the molecule is CCC(C)c1ccc(C(=O)OC2(C)CCCCC2)cc1. The van der Waals surface area contributed by atoms with Gasteiger partial charge in [-0.3, -0.25) is 0 Å². The van der Waals surface area contributed by atoms with Crippen molar-refractivity contribution in [3.63, 3.8) is 0 Å². The van der Waals surface area contributed by atoms with E-state index >= 15 is 0 Å². The quantitative estimate of drug-likeness (QED) is 0.716. The third-order valence-corrected chi connectivity index (χ3v) is 4.58. The topological polar surface area (TPSA) is 26.3 Å². The first-order chi connectivity index (χ1) is 9.54. The minimum absolute atomic E-state index is 0.176. The van der Waals surface area contributed by atoms with Gasteiger partial charge >= 0.3 is 5.97 Å². The van der Waals surface area contributed by atoms with Gasteiger partial charge in [-0.2, -0.15) is 0 Å². The Balaban J connectivity index is 2.02.